The molecule has 0 spiro atoms. The lowest BCUT2D eigenvalue weighted by atomic mass is 9.86. The molecule has 9 nitrogen and oxygen atoms in total. The number of anilines is 1. The molecule has 0 aliphatic carbocycles. The second-order valence-corrected chi connectivity index (χ2v) is 7.23. The van der Waals surface area contributed by atoms with Crippen molar-refractivity contribution in [3.05, 3.63) is 48.0 Å². The van der Waals surface area contributed by atoms with E-state index in [0.29, 0.717) is 0 Å². The average Bonchev–Trinajstić information content (AvgIpc) is 3.24. The highest BCUT2D eigenvalue weighted by Gasteiger charge is 2.52. The van der Waals surface area contributed by atoms with Gasteiger partial charge < -0.3 is 25.8 Å². The van der Waals surface area contributed by atoms with Gasteiger partial charge in [0, 0.05) is 0 Å². The van der Waals surface area contributed by atoms with E-state index in [1.165, 1.54) is 24.1 Å². The van der Waals surface area contributed by atoms with Gasteiger partial charge in [0.1, 0.15) is 35.8 Å². The van der Waals surface area contributed by atoms with E-state index in [4.69, 9.17) is 10.5 Å². The number of aromatic nitrogens is 4. The van der Waals surface area contributed by atoms with Crippen molar-refractivity contribution in [3.8, 4) is 0 Å². The summed E-state index contributed by atoms with van der Waals surface area (Å²) in [4.78, 5) is 11.9. The van der Waals surface area contributed by atoms with Gasteiger partial charge in [-0.1, -0.05) is 12.1 Å². The predicted octanol–water partition coefficient (Wildman–Crippen LogP) is 0.954. The molecule has 1 saturated heterocycles. The highest BCUT2D eigenvalue weighted by atomic mass is 19.4. The largest absolute Gasteiger partial charge is 0.416 e. The number of ether oxygens (including phenoxy) is 1. The minimum atomic E-state index is -4.53. The highest BCUT2D eigenvalue weighted by molar-refractivity contribution is 5.81. The number of imidazole rings is 1. The van der Waals surface area contributed by atoms with Gasteiger partial charge in [0.05, 0.1) is 11.9 Å². The number of nitrogens with zero attached hydrogens (tertiary/aromatic N) is 4. The van der Waals surface area contributed by atoms with E-state index in [9.17, 15) is 28.5 Å². The third-order valence-electron chi connectivity index (χ3n) is 5.25. The summed E-state index contributed by atoms with van der Waals surface area (Å²) in [5.41, 5.74) is 3.54. The standard InChI is InChI=1S/C18H18F3N5O4/c1-17(29,8-2-4-9(5-3-8)18(19,20)21)13-11(27)12(28)16(30-13)26-7-25-10-14(22)23-6-24-15(10)26/h2-7,11-13,16,27-29H,1H3,(H2,22,23,24)/t11-,12+,13-,16+,17?/m0/s1. The van der Waals surface area contributed by atoms with Crippen LogP contribution in [0.2, 0.25) is 0 Å². The summed E-state index contributed by atoms with van der Waals surface area (Å²) < 4.78 is 45.5. The van der Waals surface area contributed by atoms with Crippen LogP contribution in [0.25, 0.3) is 11.2 Å². The van der Waals surface area contributed by atoms with Crippen molar-refractivity contribution in [2.75, 3.05) is 5.73 Å². The Labute approximate surface area is 167 Å². The number of hydrogen-bond donors (Lipinski definition) is 4. The van der Waals surface area contributed by atoms with Gasteiger partial charge in [-0.15, -0.1) is 0 Å². The molecule has 3 aromatic rings. The van der Waals surface area contributed by atoms with E-state index in [-0.39, 0.29) is 22.5 Å². The normalized spacial score (nSPS) is 26.8. The van der Waals surface area contributed by atoms with Crippen molar-refractivity contribution in [1.82, 2.24) is 19.5 Å². The third kappa shape index (κ3) is 3.17. The number of fused-ring (bicyclic) bond motifs is 1. The first-order valence-electron chi connectivity index (χ1n) is 8.86. The van der Waals surface area contributed by atoms with Crippen LogP contribution in [0.3, 0.4) is 0 Å². The Morgan fingerprint density at radius 3 is 2.30 bits per heavy atom. The van der Waals surface area contributed by atoms with Crippen molar-refractivity contribution in [2.45, 2.75) is 43.2 Å². The van der Waals surface area contributed by atoms with Gasteiger partial charge in [-0.2, -0.15) is 13.2 Å². The van der Waals surface area contributed by atoms with Gasteiger partial charge in [0.15, 0.2) is 17.7 Å². The van der Waals surface area contributed by atoms with Crippen molar-refractivity contribution in [1.29, 1.82) is 0 Å². The van der Waals surface area contributed by atoms with Crippen LogP contribution in [0, 0.1) is 0 Å². The van der Waals surface area contributed by atoms with Crippen LogP contribution in [0.4, 0.5) is 19.0 Å². The second-order valence-electron chi connectivity index (χ2n) is 7.23. The molecule has 5 atom stereocenters. The number of hydrogen-bond acceptors (Lipinski definition) is 8. The lowest BCUT2D eigenvalue weighted by Gasteiger charge is -2.32. The highest BCUT2D eigenvalue weighted by Crippen LogP contribution is 2.41. The van der Waals surface area contributed by atoms with Gasteiger partial charge in [0.2, 0.25) is 0 Å². The molecular formula is C18H18F3N5O4. The molecule has 0 amide bonds. The maximum absolute atomic E-state index is 12.8. The first-order valence-corrected chi connectivity index (χ1v) is 8.86. The molecule has 5 N–H and O–H groups in total. The minimum Gasteiger partial charge on any atom is -0.387 e. The molecule has 1 aromatic carbocycles. The van der Waals surface area contributed by atoms with Crippen LogP contribution in [-0.2, 0) is 16.5 Å². The van der Waals surface area contributed by atoms with Crippen molar-refractivity contribution >= 4 is 17.0 Å². The van der Waals surface area contributed by atoms with Crippen LogP contribution >= 0.6 is 0 Å². The zero-order chi connectivity index (χ0) is 21.8. The molecule has 1 aliphatic heterocycles. The zero-order valence-electron chi connectivity index (χ0n) is 15.5. The van der Waals surface area contributed by atoms with E-state index in [1.54, 1.807) is 0 Å². The lowest BCUT2D eigenvalue weighted by Crippen LogP contribution is -2.45. The summed E-state index contributed by atoms with van der Waals surface area (Å²) in [6.45, 7) is 1.28. The van der Waals surface area contributed by atoms with E-state index in [2.05, 4.69) is 15.0 Å². The number of aliphatic hydroxyl groups excluding tert-OH is 2. The summed E-state index contributed by atoms with van der Waals surface area (Å²) in [5.74, 6) is 0.111. The monoisotopic (exact) mass is 425 g/mol. The summed E-state index contributed by atoms with van der Waals surface area (Å²) in [6.07, 6.45) is -7.60. The van der Waals surface area contributed by atoms with Gasteiger partial charge in [-0.05, 0) is 24.6 Å². The number of nitrogens with two attached hydrogens (primary N) is 1. The lowest BCUT2D eigenvalue weighted by molar-refractivity contribution is -0.139. The van der Waals surface area contributed by atoms with Gasteiger partial charge >= 0.3 is 6.18 Å². The molecule has 4 rings (SSSR count). The molecule has 0 bridgehead atoms. The molecule has 0 radical (unpaired) electrons. The van der Waals surface area contributed by atoms with Gasteiger partial charge in [-0.25, -0.2) is 15.0 Å². The first-order chi connectivity index (χ1) is 14.0. The summed E-state index contributed by atoms with van der Waals surface area (Å²) >= 11 is 0. The number of aliphatic hydroxyl groups is 3. The quantitative estimate of drug-likeness (QED) is 0.487. The van der Waals surface area contributed by atoms with Crippen molar-refractivity contribution in [3.63, 3.8) is 0 Å². The fraction of sp³-hybridized carbons (Fsp3) is 0.389. The Balaban J connectivity index is 1.66. The van der Waals surface area contributed by atoms with E-state index in [1.807, 2.05) is 0 Å². The maximum atomic E-state index is 12.8. The zero-order valence-corrected chi connectivity index (χ0v) is 15.5. The Morgan fingerprint density at radius 2 is 1.67 bits per heavy atom. The number of nitrogen functional groups attached to an aromatic ring is 1. The molecule has 30 heavy (non-hydrogen) atoms. The molecule has 0 saturated carbocycles. The Hall–Kier alpha value is -2.80. The molecule has 3 heterocycles. The third-order valence-corrected chi connectivity index (χ3v) is 5.25. The topological polar surface area (TPSA) is 140 Å². The smallest absolute Gasteiger partial charge is 0.387 e. The van der Waals surface area contributed by atoms with E-state index < -0.39 is 41.9 Å². The van der Waals surface area contributed by atoms with Crippen molar-refractivity contribution < 1.29 is 33.2 Å². The van der Waals surface area contributed by atoms with Crippen LogP contribution in [0.1, 0.15) is 24.3 Å². The van der Waals surface area contributed by atoms with Crippen LogP contribution in [0.5, 0.6) is 0 Å². The summed E-state index contributed by atoms with van der Waals surface area (Å²) in [5, 5.41) is 32.1. The fourth-order valence-electron chi connectivity index (χ4n) is 3.57. The first kappa shape index (κ1) is 20.5. The van der Waals surface area contributed by atoms with Gasteiger partial charge in [0.25, 0.3) is 0 Å². The van der Waals surface area contributed by atoms with E-state index in [0.717, 1.165) is 24.3 Å². The average molecular weight is 425 g/mol. The molecule has 160 valence electrons. The fourth-order valence-corrected chi connectivity index (χ4v) is 3.57. The SMILES string of the molecule is CC(O)(c1ccc(C(F)(F)F)cc1)[C@H]1O[C@@H](n2cnc3c(N)ncnc32)[C@H](O)[C@@H]1O. The Morgan fingerprint density at radius 1 is 1.03 bits per heavy atom. The molecular weight excluding hydrogens is 407 g/mol. The maximum Gasteiger partial charge on any atom is 0.416 e. The molecule has 1 aliphatic rings. The number of benzene rings is 1. The molecule has 2 aromatic heterocycles. The van der Waals surface area contributed by atoms with E-state index >= 15 is 0 Å². The van der Waals surface area contributed by atoms with Crippen LogP contribution in [0.15, 0.2) is 36.9 Å². The number of rotatable bonds is 3. The van der Waals surface area contributed by atoms with Crippen LogP contribution < -0.4 is 5.73 Å². The number of halogens is 3. The van der Waals surface area contributed by atoms with Crippen molar-refractivity contribution in [2.24, 2.45) is 0 Å². The molecule has 1 unspecified atom stereocenters. The van der Waals surface area contributed by atoms with Crippen LogP contribution in [-0.4, -0.2) is 53.2 Å². The summed E-state index contributed by atoms with van der Waals surface area (Å²) in [6, 6.07) is 3.84. The Kier molecular flexibility index (Phi) is 4.69. The van der Waals surface area contributed by atoms with Gasteiger partial charge in [-0.3, -0.25) is 4.57 Å². The summed E-state index contributed by atoms with van der Waals surface area (Å²) in [7, 11) is 0. The predicted molar refractivity (Wildman–Crippen MR) is 96.7 cm³/mol. The molecule has 1 fully saturated rings. The minimum absolute atomic E-state index is 0.0782. The second kappa shape index (κ2) is 6.87. The Bertz CT molecular complexity index is 1070. The molecule has 12 heteroatoms. The number of alkyl halides is 3.